The van der Waals surface area contributed by atoms with Crippen LogP contribution < -0.4 is 0 Å². The second-order valence-corrected chi connectivity index (χ2v) is 9.25. The fourth-order valence-electron chi connectivity index (χ4n) is 3.95. The molecule has 0 radical (unpaired) electrons. The minimum absolute atomic E-state index is 0. The molecule has 35 heavy (non-hydrogen) atoms. The molecule has 1 saturated heterocycles. The van der Waals surface area contributed by atoms with Crippen LogP contribution in [0.4, 0.5) is 5.69 Å². The zero-order valence-corrected chi connectivity index (χ0v) is 21.7. The number of piperazine rings is 1. The van der Waals surface area contributed by atoms with Crippen molar-refractivity contribution in [2.45, 2.75) is 22.8 Å². The Kier molecular flexibility index (Phi) is 11.7. The Bertz CT molecular complexity index is 1100. The Balaban J connectivity index is 0.00000216. The molecule has 0 aromatic heterocycles. The number of halogens is 2. The Morgan fingerprint density at radius 3 is 2.09 bits per heavy atom. The van der Waals surface area contributed by atoms with E-state index < -0.39 is 4.92 Å². The van der Waals surface area contributed by atoms with Gasteiger partial charge in [-0.15, -0.1) is 24.8 Å². The molecule has 1 fully saturated rings. The van der Waals surface area contributed by atoms with Gasteiger partial charge in [0.1, 0.15) is 0 Å². The van der Waals surface area contributed by atoms with Crippen LogP contribution in [0.1, 0.15) is 22.3 Å². The molecule has 3 aromatic rings. The summed E-state index contributed by atoms with van der Waals surface area (Å²) in [6, 6.07) is 24.8. The lowest BCUT2D eigenvalue weighted by atomic mass is 10.1. The maximum absolute atomic E-state index is 12.8. The zero-order chi connectivity index (χ0) is 23.0. The number of rotatable bonds is 9. The van der Waals surface area contributed by atoms with Crippen LogP contribution in [-0.4, -0.2) is 53.2 Å². The number of nitro benzene ring substituents is 1. The molecule has 3 aromatic carbocycles. The van der Waals surface area contributed by atoms with Gasteiger partial charge in [-0.2, -0.15) is 0 Å². The SMILES string of the molecule is Cl.Cl.O=C(CCN1CCN(Cc2ccccc2)CC1)c1ccc(Sc2ccccc2)c([N+](=O)[O-])c1. The third kappa shape index (κ3) is 8.33. The topological polar surface area (TPSA) is 66.7 Å². The molecule has 0 atom stereocenters. The quantitative estimate of drug-likeness (QED) is 0.191. The molecule has 0 amide bonds. The van der Waals surface area contributed by atoms with Gasteiger partial charge in [-0.25, -0.2) is 0 Å². The highest BCUT2D eigenvalue weighted by Crippen LogP contribution is 2.35. The van der Waals surface area contributed by atoms with Crippen molar-refractivity contribution in [1.82, 2.24) is 9.80 Å². The molecule has 0 saturated carbocycles. The van der Waals surface area contributed by atoms with E-state index in [1.807, 2.05) is 36.4 Å². The Morgan fingerprint density at radius 1 is 0.857 bits per heavy atom. The minimum atomic E-state index is -0.409. The van der Waals surface area contributed by atoms with Gasteiger partial charge in [-0.3, -0.25) is 19.8 Å². The summed E-state index contributed by atoms with van der Waals surface area (Å²) >= 11 is 1.33. The molecule has 9 heteroatoms. The van der Waals surface area contributed by atoms with Crippen molar-refractivity contribution in [1.29, 1.82) is 0 Å². The molecule has 1 aliphatic heterocycles. The van der Waals surface area contributed by atoms with Crippen LogP contribution in [0.2, 0.25) is 0 Å². The second-order valence-electron chi connectivity index (χ2n) is 8.13. The van der Waals surface area contributed by atoms with E-state index in [1.165, 1.54) is 23.4 Å². The molecular weight excluding hydrogens is 505 g/mol. The van der Waals surface area contributed by atoms with E-state index in [0.717, 1.165) is 37.6 Å². The highest BCUT2D eigenvalue weighted by Gasteiger charge is 2.21. The molecule has 4 rings (SSSR count). The summed E-state index contributed by atoms with van der Waals surface area (Å²) in [4.78, 5) is 30.2. The Hall–Kier alpha value is -2.42. The van der Waals surface area contributed by atoms with Gasteiger partial charge in [-0.05, 0) is 29.8 Å². The first-order valence-corrected chi connectivity index (χ1v) is 11.9. The number of ketones is 1. The van der Waals surface area contributed by atoms with Gasteiger partial charge in [0, 0.05) is 62.2 Å². The van der Waals surface area contributed by atoms with Crippen molar-refractivity contribution in [2.75, 3.05) is 32.7 Å². The fraction of sp³-hybridized carbons (Fsp3) is 0.269. The second kappa shape index (κ2) is 14.2. The third-order valence-corrected chi connectivity index (χ3v) is 6.89. The number of hydrogen-bond acceptors (Lipinski definition) is 6. The summed E-state index contributed by atoms with van der Waals surface area (Å²) in [5.74, 6) is -0.0546. The van der Waals surface area contributed by atoms with Gasteiger partial charge in [0.05, 0.1) is 9.82 Å². The Labute approximate surface area is 222 Å². The largest absolute Gasteiger partial charge is 0.300 e. The molecule has 6 nitrogen and oxygen atoms in total. The van der Waals surface area contributed by atoms with E-state index in [4.69, 9.17) is 0 Å². The highest BCUT2D eigenvalue weighted by atomic mass is 35.5. The number of carbonyl (C=O) groups is 1. The van der Waals surface area contributed by atoms with Crippen molar-refractivity contribution in [3.05, 3.63) is 100 Å². The smallest absolute Gasteiger partial charge is 0.283 e. The lowest BCUT2D eigenvalue weighted by Gasteiger charge is -2.34. The van der Waals surface area contributed by atoms with Gasteiger partial charge in [0.25, 0.3) is 5.69 Å². The van der Waals surface area contributed by atoms with Crippen LogP contribution in [0.5, 0.6) is 0 Å². The van der Waals surface area contributed by atoms with E-state index in [2.05, 4.69) is 34.1 Å². The molecule has 1 heterocycles. The maximum atomic E-state index is 12.8. The number of hydrogen-bond donors (Lipinski definition) is 0. The maximum Gasteiger partial charge on any atom is 0.283 e. The standard InChI is InChI=1S/C26H27N3O3S.2ClH/c30-25(13-14-27-15-17-28(18-16-27)20-21-7-3-1-4-8-21)22-11-12-26(24(19-22)29(31)32)33-23-9-5-2-6-10-23;;/h1-12,19H,13-18,20H2;2*1H. The summed E-state index contributed by atoms with van der Waals surface area (Å²) < 4.78 is 0. The van der Waals surface area contributed by atoms with Crippen molar-refractivity contribution in [3.63, 3.8) is 0 Å². The monoisotopic (exact) mass is 533 g/mol. The van der Waals surface area contributed by atoms with E-state index in [1.54, 1.807) is 12.1 Å². The van der Waals surface area contributed by atoms with E-state index in [-0.39, 0.29) is 36.3 Å². The van der Waals surface area contributed by atoms with Crippen molar-refractivity contribution < 1.29 is 9.72 Å². The molecule has 186 valence electrons. The number of carbonyl (C=O) groups excluding carboxylic acids is 1. The van der Waals surface area contributed by atoms with Gasteiger partial charge >= 0.3 is 0 Å². The van der Waals surface area contributed by atoms with Gasteiger partial charge in [-0.1, -0.05) is 60.3 Å². The average Bonchev–Trinajstić information content (AvgIpc) is 2.85. The van der Waals surface area contributed by atoms with E-state index in [9.17, 15) is 14.9 Å². The number of nitro groups is 1. The van der Waals surface area contributed by atoms with Crippen LogP contribution in [0.15, 0.2) is 88.7 Å². The zero-order valence-electron chi connectivity index (χ0n) is 19.2. The normalized spacial score (nSPS) is 13.9. The van der Waals surface area contributed by atoms with E-state index in [0.29, 0.717) is 23.4 Å². The lowest BCUT2D eigenvalue weighted by Crippen LogP contribution is -2.46. The first-order chi connectivity index (χ1) is 16.1. The van der Waals surface area contributed by atoms with Crippen molar-refractivity contribution in [2.24, 2.45) is 0 Å². The molecule has 0 bridgehead atoms. The lowest BCUT2D eigenvalue weighted by molar-refractivity contribution is -0.387. The van der Waals surface area contributed by atoms with Gasteiger partial charge < -0.3 is 4.90 Å². The predicted octanol–water partition coefficient (Wildman–Crippen LogP) is 5.98. The number of nitrogens with zero attached hydrogens (tertiary/aromatic N) is 3. The minimum Gasteiger partial charge on any atom is -0.300 e. The summed E-state index contributed by atoms with van der Waals surface area (Å²) in [5.41, 5.74) is 1.70. The molecular formula is C26H29Cl2N3O3S. The molecule has 0 N–H and O–H groups in total. The molecule has 0 unspecified atom stereocenters. The third-order valence-electron chi connectivity index (χ3n) is 5.82. The average molecular weight is 535 g/mol. The van der Waals surface area contributed by atoms with Crippen LogP contribution >= 0.6 is 36.6 Å². The van der Waals surface area contributed by atoms with Crippen molar-refractivity contribution >= 4 is 48.0 Å². The number of Topliss-reactive ketones (excluding diaryl/α,β-unsaturated/α-hetero) is 1. The highest BCUT2D eigenvalue weighted by molar-refractivity contribution is 7.99. The Morgan fingerprint density at radius 2 is 1.46 bits per heavy atom. The molecule has 1 aliphatic rings. The first kappa shape index (κ1) is 28.8. The predicted molar refractivity (Wildman–Crippen MR) is 145 cm³/mol. The van der Waals surface area contributed by atoms with E-state index >= 15 is 0 Å². The van der Waals surface area contributed by atoms with Crippen molar-refractivity contribution in [3.8, 4) is 0 Å². The number of benzene rings is 3. The van der Waals surface area contributed by atoms with Gasteiger partial charge in [0.15, 0.2) is 5.78 Å². The summed E-state index contributed by atoms with van der Waals surface area (Å²) in [6.45, 7) is 5.41. The van der Waals surface area contributed by atoms with Crippen LogP contribution in [-0.2, 0) is 6.54 Å². The molecule has 0 spiro atoms. The van der Waals surface area contributed by atoms with Gasteiger partial charge in [0.2, 0.25) is 0 Å². The van der Waals surface area contributed by atoms with Crippen LogP contribution in [0.25, 0.3) is 0 Å². The fourth-order valence-corrected chi connectivity index (χ4v) is 4.87. The summed E-state index contributed by atoms with van der Waals surface area (Å²) in [5, 5.41) is 11.6. The van der Waals surface area contributed by atoms with Crippen LogP contribution in [0.3, 0.4) is 0 Å². The summed E-state index contributed by atoms with van der Waals surface area (Å²) in [6.07, 6.45) is 0.362. The first-order valence-electron chi connectivity index (χ1n) is 11.1. The molecule has 0 aliphatic carbocycles. The summed E-state index contributed by atoms with van der Waals surface area (Å²) in [7, 11) is 0. The van der Waals surface area contributed by atoms with Crippen LogP contribution in [0, 0.1) is 10.1 Å².